The van der Waals surface area contributed by atoms with Crippen molar-refractivity contribution in [3.05, 3.63) is 58.7 Å². The molecule has 5 nitrogen and oxygen atoms in total. The Hall–Kier alpha value is -2.58. The number of carbonyl (C=O) groups excluding carboxylic acids is 1. The molecule has 0 aliphatic carbocycles. The molecule has 0 atom stereocenters. The number of aryl methyl sites for hydroxylation is 1. The zero-order valence-corrected chi connectivity index (χ0v) is 16.5. The number of likely N-dealkylation sites (N-methyl/N-ethyl adjacent to an activating group) is 1. The van der Waals surface area contributed by atoms with Gasteiger partial charge in [-0.3, -0.25) is 9.69 Å². The number of rotatable bonds is 4. The Kier molecular flexibility index (Phi) is 6.14. The summed E-state index contributed by atoms with van der Waals surface area (Å²) in [7, 11) is 2.00. The number of nitrogens with two attached hydrogens (primary N) is 1. The van der Waals surface area contributed by atoms with Crippen molar-refractivity contribution in [2.75, 3.05) is 44.3 Å². The molecule has 1 aliphatic heterocycles. The molecule has 3 rings (SSSR count). The molecule has 29 heavy (non-hydrogen) atoms. The Labute approximate surface area is 168 Å². The lowest BCUT2D eigenvalue weighted by Crippen LogP contribution is -2.44. The maximum Gasteiger partial charge on any atom is 0.416 e. The lowest BCUT2D eigenvalue weighted by atomic mass is 10.0. The number of halogens is 3. The fraction of sp³-hybridized carbons (Fsp3) is 0.381. The van der Waals surface area contributed by atoms with Crippen LogP contribution >= 0.6 is 0 Å². The standard InChI is InChI=1S/C21H25F3N4O/c1-14-3-4-15(11-19(14)25)20(29)26-17-6-5-16(18(12-17)21(22,23)24)13-28-9-7-27(2)8-10-28/h3-6,11-12H,7-10,13,25H2,1-2H3,(H,26,29). The number of carbonyl (C=O) groups is 1. The van der Waals surface area contributed by atoms with Gasteiger partial charge >= 0.3 is 6.18 Å². The SMILES string of the molecule is Cc1ccc(C(=O)Nc2ccc(CN3CCN(C)CC3)c(C(F)(F)F)c2)cc1N. The summed E-state index contributed by atoms with van der Waals surface area (Å²) in [5, 5.41) is 2.54. The molecule has 2 aromatic rings. The molecule has 0 radical (unpaired) electrons. The van der Waals surface area contributed by atoms with E-state index in [1.807, 2.05) is 18.9 Å². The van der Waals surface area contributed by atoms with E-state index in [4.69, 9.17) is 5.73 Å². The van der Waals surface area contributed by atoms with E-state index >= 15 is 0 Å². The number of nitrogen functional groups attached to an aromatic ring is 1. The molecule has 0 spiro atoms. The third kappa shape index (κ3) is 5.27. The summed E-state index contributed by atoms with van der Waals surface area (Å²) in [6, 6.07) is 8.76. The average Bonchev–Trinajstić information content (AvgIpc) is 2.66. The van der Waals surface area contributed by atoms with Gasteiger partial charge in [0.25, 0.3) is 5.91 Å². The van der Waals surface area contributed by atoms with Crippen LogP contribution in [0, 0.1) is 6.92 Å². The monoisotopic (exact) mass is 406 g/mol. The second-order valence-electron chi connectivity index (χ2n) is 7.47. The maximum absolute atomic E-state index is 13.6. The van der Waals surface area contributed by atoms with Crippen molar-refractivity contribution >= 4 is 17.3 Å². The van der Waals surface area contributed by atoms with Gasteiger partial charge in [-0.2, -0.15) is 13.2 Å². The molecule has 156 valence electrons. The first-order valence-electron chi connectivity index (χ1n) is 9.42. The molecule has 2 aromatic carbocycles. The topological polar surface area (TPSA) is 61.6 Å². The summed E-state index contributed by atoms with van der Waals surface area (Å²) in [5.74, 6) is -0.503. The normalized spacial score (nSPS) is 16.0. The van der Waals surface area contributed by atoms with Gasteiger partial charge in [0.15, 0.2) is 0 Å². The molecule has 0 aromatic heterocycles. The minimum absolute atomic E-state index is 0.101. The minimum atomic E-state index is -4.50. The Morgan fingerprint density at radius 3 is 2.41 bits per heavy atom. The smallest absolute Gasteiger partial charge is 0.398 e. The number of nitrogens with one attached hydrogen (secondary N) is 1. The van der Waals surface area contributed by atoms with Crippen LogP contribution < -0.4 is 11.1 Å². The molecule has 0 saturated carbocycles. The van der Waals surface area contributed by atoms with Gasteiger partial charge in [0.05, 0.1) is 5.56 Å². The van der Waals surface area contributed by atoms with Gasteiger partial charge in [-0.05, 0) is 49.4 Å². The third-order valence-electron chi connectivity index (χ3n) is 5.20. The van der Waals surface area contributed by atoms with E-state index in [9.17, 15) is 18.0 Å². The van der Waals surface area contributed by atoms with E-state index in [1.54, 1.807) is 12.1 Å². The molecule has 0 bridgehead atoms. The zero-order valence-electron chi connectivity index (χ0n) is 16.5. The molecule has 1 aliphatic rings. The number of hydrogen-bond donors (Lipinski definition) is 2. The second kappa shape index (κ2) is 8.42. The summed E-state index contributed by atoms with van der Waals surface area (Å²) < 4.78 is 40.9. The number of nitrogens with zero attached hydrogens (tertiary/aromatic N) is 2. The maximum atomic E-state index is 13.6. The lowest BCUT2D eigenvalue weighted by molar-refractivity contribution is -0.138. The van der Waals surface area contributed by atoms with E-state index in [1.165, 1.54) is 18.2 Å². The number of alkyl halides is 3. The van der Waals surface area contributed by atoms with Crippen LogP contribution in [-0.4, -0.2) is 48.9 Å². The average molecular weight is 406 g/mol. The molecule has 1 fully saturated rings. The summed E-state index contributed by atoms with van der Waals surface area (Å²) >= 11 is 0. The number of piperazine rings is 1. The molecule has 1 heterocycles. The van der Waals surface area contributed by atoms with Crippen molar-refractivity contribution in [2.24, 2.45) is 0 Å². The summed E-state index contributed by atoms with van der Waals surface area (Å²) in [4.78, 5) is 16.6. The van der Waals surface area contributed by atoms with Gasteiger partial charge in [-0.1, -0.05) is 12.1 Å². The highest BCUT2D eigenvalue weighted by Crippen LogP contribution is 2.34. The Balaban J connectivity index is 1.79. The van der Waals surface area contributed by atoms with Crippen LogP contribution in [0.4, 0.5) is 24.5 Å². The van der Waals surface area contributed by atoms with Gasteiger partial charge in [0.2, 0.25) is 0 Å². The van der Waals surface area contributed by atoms with Crippen molar-refractivity contribution in [3.8, 4) is 0 Å². The van der Waals surface area contributed by atoms with Gasteiger partial charge in [-0.15, -0.1) is 0 Å². The molecule has 0 unspecified atom stereocenters. The van der Waals surface area contributed by atoms with Gasteiger partial charge in [0, 0.05) is 49.7 Å². The fourth-order valence-electron chi connectivity index (χ4n) is 3.29. The van der Waals surface area contributed by atoms with Crippen molar-refractivity contribution < 1.29 is 18.0 Å². The minimum Gasteiger partial charge on any atom is -0.398 e. The fourth-order valence-corrected chi connectivity index (χ4v) is 3.29. The van der Waals surface area contributed by atoms with Gasteiger partial charge in [0.1, 0.15) is 0 Å². The quantitative estimate of drug-likeness (QED) is 0.762. The number of hydrogen-bond acceptors (Lipinski definition) is 4. The van der Waals surface area contributed by atoms with Crippen LogP contribution in [0.5, 0.6) is 0 Å². The van der Waals surface area contributed by atoms with E-state index in [0.717, 1.165) is 37.8 Å². The molecule has 8 heteroatoms. The van der Waals surface area contributed by atoms with E-state index in [2.05, 4.69) is 10.2 Å². The van der Waals surface area contributed by atoms with Crippen LogP contribution in [-0.2, 0) is 12.7 Å². The van der Waals surface area contributed by atoms with Crippen LogP contribution in [0.2, 0.25) is 0 Å². The van der Waals surface area contributed by atoms with E-state index in [0.29, 0.717) is 11.3 Å². The zero-order chi connectivity index (χ0) is 21.2. The number of benzene rings is 2. The molecular weight excluding hydrogens is 381 g/mol. The highest BCUT2D eigenvalue weighted by atomic mass is 19.4. The first-order chi connectivity index (χ1) is 13.6. The number of amides is 1. The van der Waals surface area contributed by atoms with Crippen LogP contribution in [0.3, 0.4) is 0 Å². The first kappa shape index (κ1) is 21.1. The highest BCUT2D eigenvalue weighted by molar-refractivity contribution is 6.04. The molecule has 1 amide bonds. The van der Waals surface area contributed by atoms with E-state index in [-0.39, 0.29) is 17.8 Å². The summed E-state index contributed by atoms with van der Waals surface area (Å²) in [5.41, 5.74) is 6.98. The summed E-state index contributed by atoms with van der Waals surface area (Å²) in [6.45, 7) is 5.14. The molecule has 3 N–H and O–H groups in total. The van der Waals surface area contributed by atoms with Crippen molar-refractivity contribution in [1.82, 2.24) is 9.80 Å². The lowest BCUT2D eigenvalue weighted by Gasteiger charge is -2.33. The van der Waals surface area contributed by atoms with Crippen molar-refractivity contribution in [3.63, 3.8) is 0 Å². The van der Waals surface area contributed by atoms with Crippen molar-refractivity contribution in [1.29, 1.82) is 0 Å². The van der Waals surface area contributed by atoms with Gasteiger partial charge in [-0.25, -0.2) is 0 Å². The number of anilines is 2. The Bertz CT molecular complexity index is 890. The molecular formula is C21H25F3N4O. The highest BCUT2D eigenvalue weighted by Gasteiger charge is 2.34. The van der Waals surface area contributed by atoms with E-state index < -0.39 is 17.6 Å². The second-order valence-corrected chi connectivity index (χ2v) is 7.47. The van der Waals surface area contributed by atoms with Crippen LogP contribution in [0.1, 0.15) is 27.0 Å². The first-order valence-corrected chi connectivity index (χ1v) is 9.42. The predicted molar refractivity (Wildman–Crippen MR) is 108 cm³/mol. The van der Waals surface area contributed by atoms with Gasteiger partial charge < -0.3 is 16.0 Å². The Morgan fingerprint density at radius 1 is 1.10 bits per heavy atom. The Morgan fingerprint density at radius 2 is 1.79 bits per heavy atom. The summed E-state index contributed by atoms with van der Waals surface area (Å²) in [6.07, 6.45) is -4.50. The van der Waals surface area contributed by atoms with Crippen LogP contribution in [0.25, 0.3) is 0 Å². The van der Waals surface area contributed by atoms with Crippen molar-refractivity contribution in [2.45, 2.75) is 19.6 Å². The third-order valence-corrected chi connectivity index (χ3v) is 5.20. The molecule has 1 saturated heterocycles. The van der Waals surface area contributed by atoms with Crippen LogP contribution in [0.15, 0.2) is 36.4 Å². The largest absolute Gasteiger partial charge is 0.416 e. The predicted octanol–water partition coefficient (Wildman–Crippen LogP) is 3.60.